The quantitative estimate of drug-likeness (QED) is 0.863. The topological polar surface area (TPSA) is 39.7 Å². The lowest BCUT2D eigenvalue weighted by atomic mass is 9.89. The van der Waals surface area contributed by atoms with Gasteiger partial charge in [-0.05, 0) is 49.6 Å². The minimum atomic E-state index is -0.281. The maximum atomic E-state index is 14.6. The summed E-state index contributed by atoms with van der Waals surface area (Å²) in [5.74, 6) is 1.68. The van der Waals surface area contributed by atoms with Crippen LogP contribution in [0.1, 0.15) is 36.6 Å². The number of hydrogen-bond donors (Lipinski definition) is 1. The monoisotopic (exact) mass is 345 g/mol. The Kier molecular flexibility index (Phi) is 5.43. The molecule has 2 aromatic rings. The number of benzene rings is 2. The van der Waals surface area contributed by atoms with Crippen LogP contribution in [0.3, 0.4) is 0 Å². The highest BCUT2D eigenvalue weighted by atomic mass is 19.1. The number of methoxy groups -OCH3 is 1. The summed E-state index contributed by atoms with van der Waals surface area (Å²) in [6.07, 6.45) is 0.871. The zero-order valence-corrected chi connectivity index (χ0v) is 14.9. The van der Waals surface area contributed by atoms with Crippen LogP contribution in [0.5, 0.6) is 17.2 Å². The molecule has 1 unspecified atom stereocenters. The Morgan fingerprint density at radius 2 is 1.76 bits per heavy atom. The molecule has 4 nitrogen and oxygen atoms in total. The summed E-state index contributed by atoms with van der Waals surface area (Å²) in [5.41, 5.74) is 2.79. The van der Waals surface area contributed by atoms with E-state index in [1.54, 1.807) is 12.1 Å². The molecular weight excluding hydrogens is 321 g/mol. The van der Waals surface area contributed by atoms with Gasteiger partial charge in [-0.1, -0.05) is 6.07 Å². The van der Waals surface area contributed by atoms with Gasteiger partial charge in [-0.15, -0.1) is 0 Å². The molecule has 25 heavy (non-hydrogen) atoms. The van der Waals surface area contributed by atoms with E-state index in [9.17, 15) is 4.39 Å². The van der Waals surface area contributed by atoms with Crippen LogP contribution in [0.2, 0.25) is 0 Å². The van der Waals surface area contributed by atoms with Gasteiger partial charge in [-0.25, -0.2) is 4.39 Å². The maximum Gasteiger partial charge on any atom is 0.161 e. The molecule has 3 rings (SSSR count). The molecule has 0 radical (unpaired) electrons. The highest BCUT2D eigenvalue weighted by Gasteiger charge is 2.26. The van der Waals surface area contributed by atoms with E-state index in [1.807, 2.05) is 26.0 Å². The Morgan fingerprint density at radius 1 is 1.04 bits per heavy atom. The van der Waals surface area contributed by atoms with Gasteiger partial charge in [-0.2, -0.15) is 0 Å². The van der Waals surface area contributed by atoms with Gasteiger partial charge >= 0.3 is 0 Å². The van der Waals surface area contributed by atoms with E-state index >= 15 is 0 Å². The molecule has 1 heterocycles. The first-order valence-corrected chi connectivity index (χ1v) is 8.67. The molecule has 1 aliphatic heterocycles. The predicted molar refractivity (Wildman–Crippen MR) is 95.3 cm³/mol. The summed E-state index contributed by atoms with van der Waals surface area (Å²) in [7, 11) is 1.53. The summed E-state index contributed by atoms with van der Waals surface area (Å²) in [6.45, 7) is 5.80. The third-order valence-corrected chi connectivity index (χ3v) is 4.38. The van der Waals surface area contributed by atoms with Gasteiger partial charge in [0.1, 0.15) is 11.6 Å². The Balaban J connectivity index is 2.05. The third kappa shape index (κ3) is 3.56. The van der Waals surface area contributed by atoms with Crippen LogP contribution in [0.25, 0.3) is 0 Å². The van der Waals surface area contributed by atoms with Crippen LogP contribution < -0.4 is 19.5 Å². The van der Waals surface area contributed by atoms with E-state index < -0.39 is 0 Å². The molecular formula is C20H24FNO3. The number of nitrogens with one attached hydrogen (secondary N) is 1. The molecule has 0 fully saturated rings. The van der Waals surface area contributed by atoms with Crippen molar-refractivity contribution >= 4 is 0 Å². The van der Waals surface area contributed by atoms with Crippen molar-refractivity contribution < 1.29 is 18.6 Å². The maximum absolute atomic E-state index is 14.6. The highest BCUT2D eigenvalue weighted by molar-refractivity contribution is 5.52. The lowest BCUT2D eigenvalue weighted by molar-refractivity contribution is 0.286. The zero-order chi connectivity index (χ0) is 17.8. The molecule has 1 N–H and O–H groups in total. The smallest absolute Gasteiger partial charge is 0.161 e. The average molecular weight is 345 g/mol. The number of ether oxygens (including phenoxy) is 3. The molecule has 1 atom stereocenters. The Morgan fingerprint density at radius 3 is 2.40 bits per heavy atom. The largest absolute Gasteiger partial charge is 0.497 e. The second-order valence-electron chi connectivity index (χ2n) is 5.89. The van der Waals surface area contributed by atoms with E-state index in [1.165, 1.54) is 13.2 Å². The molecule has 0 spiro atoms. The SMILES string of the molecule is CCOc1cc2c(cc1OCC)C(c1ccc(OC)cc1F)NCC2. The molecule has 134 valence electrons. The van der Waals surface area contributed by atoms with Gasteiger partial charge in [0.05, 0.1) is 26.4 Å². The minimum absolute atomic E-state index is 0.218. The van der Waals surface area contributed by atoms with Crippen LogP contribution in [0.4, 0.5) is 4.39 Å². The van der Waals surface area contributed by atoms with E-state index in [0.717, 1.165) is 29.8 Å². The summed E-state index contributed by atoms with van der Waals surface area (Å²) >= 11 is 0. The van der Waals surface area contributed by atoms with Gasteiger partial charge < -0.3 is 19.5 Å². The van der Waals surface area contributed by atoms with Gasteiger partial charge in [0.2, 0.25) is 0 Å². The number of halogens is 1. The average Bonchev–Trinajstić information content (AvgIpc) is 2.62. The minimum Gasteiger partial charge on any atom is -0.497 e. The second-order valence-corrected chi connectivity index (χ2v) is 5.89. The second kappa shape index (κ2) is 7.74. The van der Waals surface area contributed by atoms with E-state index in [0.29, 0.717) is 30.3 Å². The van der Waals surface area contributed by atoms with Crippen LogP contribution in [0, 0.1) is 5.82 Å². The summed E-state index contributed by atoms with van der Waals surface area (Å²) in [4.78, 5) is 0. The first-order chi connectivity index (χ1) is 12.2. The lowest BCUT2D eigenvalue weighted by Gasteiger charge is -2.29. The molecule has 0 saturated heterocycles. The first-order valence-electron chi connectivity index (χ1n) is 8.67. The molecule has 5 heteroatoms. The van der Waals surface area contributed by atoms with Crippen LogP contribution in [0.15, 0.2) is 30.3 Å². The van der Waals surface area contributed by atoms with Crippen molar-refractivity contribution in [1.82, 2.24) is 5.32 Å². The lowest BCUT2D eigenvalue weighted by Crippen LogP contribution is -2.31. The Labute approximate surface area is 147 Å². The number of hydrogen-bond acceptors (Lipinski definition) is 4. The van der Waals surface area contributed by atoms with Crippen molar-refractivity contribution in [3.63, 3.8) is 0 Å². The number of fused-ring (bicyclic) bond motifs is 1. The molecule has 1 aliphatic rings. The highest BCUT2D eigenvalue weighted by Crippen LogP contribution is 2.38. The van der Waals surface area contributed by atoms with E-state index in [-0.39, 0.29) is 11.9 Å². The fraction of sp³-hybridized carbons (Fsp3) is 0.400. The Hall–Kier alpha value is -2.27. The molecule has 0 amide bonds. The van der Waals surface area contributed by atoms with Gasteiger partial charge in [-0.3, -0.25) is 0 Å². The zero-order valence-electron chi connectivity index (χ0n) is 14.9. The van der Waals surface area contributed by atoms with Crippen molar-refractivity contribution in [1.29, 1.82) is 0 Å². The first kappa shape index (κ1) is 17.5. The van der Waals surface area contributed by atoms with E-state index in [2.05, 4.69) is 5.32 Å². The van der Waals surface area contributed by atoms with Crippen molar-refractivity contribution in [3.8, 4) is 17.2 Å². The standard InChI is InChI=1S/C20H24FNO3/c1-4-24-18-10-13-8-9-22-20(16(13)12-19(18)25-5-2)15-7-6-14(23-3)11-17(15)21/h6-7,10-12,20,22H,4-5,8-9H2,1-3H3. The summed E-state index contributed by atoms with van der Waals surface area (Å²) in [5, 5.41) is 3.41. The molecule has 0 saturated carbocycles. The third-order valence-electron chi connectivity index (χ3n) is 4.38. The summed E-state index contributed by atoms with van der Waals surface area (Å²) < 4.78 is 31.1. The van der Waals surface area contributed by atoms with Gasteiger partial charge in [0.15, 0.2) is 11.5 Å². The van der Waals surface area contributed by atoms with Crippen molar-refractivity contribution in [3.05, 3.63) is 52.8 Å². The summed E-state index contributed by atoms with van der Waals surface area (Å²) in [6, 6.07) is 8.76. The van der Waals surface area contributed by atoms with Crippen LogP contribution in [-0.4, -0.2) is 26.9 Å². The van der Waals surface area contributed by atoms with Crippen molar-refractivity contribution in [2.24, 2.45) is 0 Å². The normalized spacial score (nSPS) is 16.2. The number of rotatable bonds is 6. The van der Waals surface area contributed by atoms with Crippen molar-refractivity contribution in [2.45, 2.75) is 26.3 Å². The van der Waals surface area contributed by atoms with Crippen molar-refractivity contribution in [2.75, 3.05) is 26.9 Å². The molecule has 0 bridgehead atoms. The van der Waals surface area contributed by atoms with E-state index in [4.69, 9.17) is 14.2 Å². The fourth-order valence-corrected chi connectivity index (χ4v) is 3.25. The van der Waals surface area contributed by atoms with Crippen LogP contribution in [-0.2, 0) is 6.42 Å². The fourth-order valence-electron chi connectivity index (χ4n) is 3.25. The molecule has 0 aromatic heterocycles. The van der Waals surface area contributed by atoms with Gasteiger partial charge in [0, 0.05) is 18.2 Å². The Bertz CT molecular complexity index is 748. The van der Waals surface area contributed by atoms with Crippen LogP contribution >= 0.6 is 0 Å². The predicted octanol–water partition coefficient (Wildman–Crippen LogP) is 3.87. The van der Waals surface area contributed by atoms with Gasteiger partial charge in [0.25, 0.3) is 0 Å². The molecule has 2 aromatic carbocycles. The molecule has 0 aliphatic carbocycles.